The van der Waals surface area contributed by atoms with Gasteiger partial charge in [0.1, 0.15) is 17.1 Å². The van der Waals surface area contributed by atoms with E-state index in [4.69, 9.17) is 9.47 Å². The number of methoxy groups -OCH3 is 1. The predicted molar refractivity (Wildman–Crippen MR) is 112 cm³/mol. The Morgan fingerprint density at radius 1 is 1.14 bits per heavy atom. The topological polar surface area (TPSA) is 62.2 Å². The zero-order valence-corrected chi connectivity index (χ0v) is 17.5. The van der Waals surface area contributed by atoms with Crippen molar-refractivity contribution in [3.05, 3.63) is 58.7 Å². The number of rotatable bonds is 4. The summed E-state index contributed by atoms with van der Waals surface area (Å²) in [7, 11) is 1.64. The van der Waals surface area contributed by atoms with Crippen molar-refractivity contribution in [2.75, 3.05) is 26.7 Å². The summed E-state index contributed by atoms with van der Waals surface area (Å²) in [6.07, 6.45) is 1.34. The molecule has 4 rings (SSSR count). The highest BCUT2D eigenvalue weighted by molar-refractivity contribution is 5.45. The number of nitrogens with zero attached hydrogens (tertiary/aromatic N) is 1. The van der Waals surface area contributed by atoms with Crippen LogP contribution in [0.4, 0.5) is 0 Å². The molecule has 0 aliphatic carbocycles. The Kier molecular flexibility index (Phi) is 5.56. The van der Waals surface area contributed by atoms with Crippen LogP contribution in [0.3, 0.4) is 0 Å². The van der Waals surface area contributed by atoms with Crippen LogP contribution in [0.5, 0.6) is 11.5 Å². The largest absolute Gasteiger partial charge is 0.497 e. The van der Waals surface area contributed by atoms with Gasteiger partial charge in [-0.3, -0.25) is 0 Å². The molecule has 1 saturated heterocycles. The summed E-state index contributed by atoms with van der Waals surface area (Å²) in [4.78, 5) is 2.28. The zero-order valence-electron chi connectivity index (χ0n) is 17.5. The molecule has 2 atom stereocenters. The van der Waals surface area contributed by atoms with Crippen molar-refractivity contribution >= 4 is 0 Å². The van der Waals surface area contributed by atoms with Crippen molar-refractivity contribution in [2.45, 2.75) is 50.9 Å². The third kappa shape index (κ3) is 4.13. The Bertz CT molecular complexity index is 856. The maximum Gasteiger partial charge on any atom is 0.126 e. The number of β-amino-alcohol motifs (C(OH)–C–C–N with tert-alkyl or cyclic N) is 1. The Morgan fingerprint density at radius 2 is 1.79 bits per heavy atom. The molecule has 0 saturated carbocycles. The third-order valence-electron chi connectivity index (χ3n) is 6.58. The minimum Gasteiger partial charge on any atom is -0.497 e. The van der Waals surface area contributed by atoms with Gasteiger partial charge in [0.15, 0.2) is 0 Å². The van der Waals surface area contributed by atoms with Gasteiger partial charge in [0.05, 0.1) is 19.3 Å². The van der Waals surface area contributed by atoms with Gasteiger partial charge in [0, 0.05) is 31.6 Å². The van der Waals surface area contributed by atoms with Crippen LogP contribution in [0.25, 0.3) is 0 Å². The smallest absolute Gasteiger partial charge is 0.126 e. The molecule has 2 aromatic carbocycles. The molecule has 2 aromatic rings. The van der Waals surface area contributed by atoms with E-state index in [1.165, 1.54) is 11.1 Å². The van der Waals surface area contributed by atoms with E-state index in [0.717, 1.165) is 48.6 Å². The molecule has 29 heavy (non-hydrogen) atoms. The monoisotopic (exact) mass is 397 g/mol. The maximum atomic E-state index is 10.8. The normalized spacial score (nSPS) is 22.0. The second-order valence-electron chi connectivity index (χ2n) is 8.57. The number of aryl methyl sites for hydroxylation is 2. The van der Waals surface area contributed by atoms with Gasteiger partial charge in [-0.1, -0.05) is 12.1 Å². The van der Waals surface area contributed by atoms with E-state index < -0.39 is 12.2 Å². The fraction of sp³-hybridized carbons (Fsp3) is 0.500. The molecule has 0 aromatic heterocycles. The van der Waals surface area contributed by atoms with E-state index in [1.807, 2.05) is 24.3 Å². The molecule has 156 valence electrons. The first-order valence-corrected chi connectivity index (χ1v) is 10.4. The first kappa shape index (κ1) is 20.2. The standard InChI is InChI=1S/C24H31NO4/c1-16-12-20-21(26)14-24(29-23(20)13-17(16)2)8-10-25(11-9-24)15-22(27)18-4-6-19(28-3)7-5-18/h4-7,12-13,21-22,26-27H,8-11,14-15H2,1-3H3/t21-,22+/m1/s1. The summed E-state index contributed by atoms with van der Waals surface area (Å²) in [5.41, 5.74) is 3.87. The Hall–Kier alpha value is -2.08. The highest BCUT2D eigenvalue weighted by Crippen LogP contribution is 2.45. The number of aliphatic hydroxyl groups excluding tert-OH is 2. The Labute approximate surface area is 172 Å². The fourth-order valence-corrected chi connectivity index (χ4v) is 4.52. The Morgan fingerprint density at radius 3 is 2.45 bits per heavy atom. The van der Waals surface area contributed by atoms with E-state index >= 15 is 0 Å². The molecule has 0 radical (unpaired) electrons. The van der Waals surface area contributed by atoms with E-state index in [-0.39, 0.29) is 5.60 Å². The molecule has 0 amide bonds. The van der Waals surface area contributed by atoms with Crippen LogP contribution in [0, 0.1) is 13.8 Å². The molecule has 5 nitrogen and oxygen atoms in total. The summed E-state index contributed by atoms with van der Waals surface area (Å²) in [5, 5.41) is 21.4. The van der Waals surface area contributed by atoms with Gasteiger partial charge in [-0.25, -0.2) is 0 Å². The van der Waals surface area contributed by atoms with Crippen molar-refractivity contribution in [2.24, 2.45) is 0 Å². The van der Waals surface area contributed by atoms with Gasteiger partial charge < -0.3 is 24.6 Å². The van der Waals surface area contributed by atoms with E-state index in [9.17, 15) is 10.2 Å². The highest BCUT2D eigenvalue weighted by atomic mass is 16.5. The summed E-state index contributed by atoms with van der Waals surface area (Å²) >= 11 is 0. The van der Waals surface area contributed by atoms with Gasteiger partial charge in [0.25, 0.3) is 0 Å². The van der Waals surface area contributed by atoms with E-state index in [2.05, 4.69) is 30.9 Å². The minimum absolute atomic E-state index is 0.310. The summed E-state index contributed by atoms with van der Waals surface area (Å²) < 4.78 is 11.7. The van der Waals surface area contributed by atoms with Crippen LogP contribution in [0.15, 0.2) is 36.4 Å². The second-order valence-corrected chi connectivity index (χ2v) is 8.57. The van der Waals surface area contributed by atoms with Gasteiger partial charge in [-0.05, 0) is 67.6 Å². The lowest BCUT2D eigenvalue weighted by Crippen LogP contribution is -2.51. The number of likely N-dealkylation sites (tertiary alicyclic amines) is 1. The van der Waals surface area contributed by atoms with Crippen molar-refractivity contribution in [3.63, 3.8) is 0 Å². The van der Waals surface area contributed by atoms with Crippen LogP contribution in [-0.2, 0) is 0 Å². The highest BCUT2D eigenvalue weighted by Gasteiger charge is 2.43. The summed E-state index contributed by atoms with van der Waals surface area (Å²) in [6.45, 7) is 6.44. The maximum absolute atomic E-state index is 10.8. The lowest BCUT2D eigenvalue weighted by atomic mass is 9.81. The van der Waals surface area contributed by atoms with Crippen molar-refractivity contribution < 1.29 is 19.7 Å². The first-order chi connectivity index (χ1) is 13.9. The van der Waals surface area contributed by atoms with Crippen molar-refractivity contribution in [3.8, 4) is 11.5 Å². The molecule has 2 heterocycles. The number of hydrogen-bond donors (Lipinski definition) is 2. The number of benzene rings is 2. The number of fused-ring (bicyclic) bond motifs is 1. The van der Waals surface area contributed by atoms with Gasteiger partial charge in [-0.15, -0.1) is 0 Å². The van der Waals surface area contributed by atoms with Gasteiger partial charge in [0.2, 0.25) is 0 Å². The zero-order chi connectivity index (χ0) is 20.6. The molecule has 1 spiro atoms. The quantitative estimate of drug-likeness (QED) is 0.824. The van der Waals surface area contributed by atoms with E-state index in [1.54, 1.807) is 7.11 Å². The predicted octanol–water partition coefficient (Wildman–Crippen LogP) is 3.70. The first-order valence-electron chi connectivity index (χ1n) is 10.4. The molecule has 0 bridgehead atoms. The lowest BCUT2D eigenvalue weighted by molar-refractivity contribution is -0.0588. The molecule has 2 aliphatic heterocycles. The average molecular weight is 398 g/mol. The number of hydrogen-bond acceptors (Lipinski definition) is 5. The molecule has 2 N–H and O–H groups in total. The lowest BCUT2D eigenvalue weighted by Gasteiger charge is -2.46. The SMILES string of the molecule is COc1ccc([C@@H](O)CN2CCC3(CC2)C[C@@H](O)c2cc(C)c(C)cc2O3)cc1. The van der Waals surface area contributed by atoms with Crippen LogP contribution >= 0.6 is 0 Å². The van der Waals surface area contributed by atoms with Crippen LogP contribution in [-0.4, -0.2) is 47.5 Å². The molecular formula is C24H31NO4. The molecule has 1 fully saturated rings. The number of piperidine rings is 1. The third-order valence-corrected chi connectivity index (χ3v) is 6.58. The van der Waals surface area contributed by atoms with Crippen LogP contribution in [0.2, 0.25) is 0 Å². The van der Waals surface area contributed by atoms with Crippen molar-refractivity contribution in [1.29, 1.82) is 0 Å². The molecule has 2 aliphatic rings. The van der Waals surface area contributed by atoms with E-state index in [0.29, 0.717) is 13.0 Å². The number of ether oxygens (including phenoxy) is 2. The van der Waals surface area contributed by atoms with Gasteiger partial charge in [-0.2, -0.15) is 0 Å². The average Bonchev–Trinajstić information content (AvgIpc) is 2.71. The minimum atomic E-state index is -0.529. The van der Waals surface area contributed by atoms with Gasteiger partial charge >= 0.3 is 0 Å². The molecule has 0 unspecified atom stereocenters. The van der Waals surface area contributed by atoms with Crippen LogP contribution in [0.1, 0.15) is 53.7 Å². The second kappa shape index (κ2) is 7.98. The number of aliphatic hydroxyl groups is 2. The van der Waals surface area contributed by atoms with Crippen molar-refractivity contribution in [1.82, 2.24) is 4.90 Å². The summed E-state index contributed by atoms with van der Waals surface area (Å²) in [6, 6.07) is 11.7. The summed E-state index contributed by atoms with van der Waals surface area (Å²) in [5.74, 6) is 1.62. The fourth-order valence-electron chi connectivity index (χ4n) is 4.52. The molecular weight excluding hydrogens is 366 g/mol. The van der Waals surface area contributed by atoms with Crippen LogP contribution < -0.4 is 9.47 Å². The molecule has 5 heteroatoms. The Balaban J connectivity index is 1.39.